The van der Waals surface area contributed by atoms with E-state index in [2.05, 4.69) is 27.6 Å². The number of hydrogen-bond acceptors (Lipinski definition) is 4. The Hall–Kier alpha value is -1.38. The van der Waals surface area contributed by atoms with Gasteiger partial charge in [0.15, 0.2) is 0 Å². The van der Waals surface area contributed by atoms with Crippen LogP contribution in [-0.2, 0) is 22.9 Å². The Morgan fingerprint density at radius 1 is 1.36 bits per heavy atom. The minimum Gasteiger partial charge on any atom is -0.365 e. The van der Waals surface area contributed by atoms with E-state index in [0.717, 1.165) is 40.6 Å². The highest BCUT2D eigenvalue weighted by atomic mass is 79.9. The molecule has 0 spiro atoms. The number of carbonyl (C=O) groups is 1. The molecule has 0 fully saturated rings. The molecule has 2 aromatic rings. The quantitative estimate of drug-likeness (QED) is 0.734. The van der Waals surface area contributed by atoms with Crippen LogP contribution in [0.25, 0.3) is 0 Å². The molecule has 1 amide bonds. The number of benzene rings is 1. The molecule has 25 heavy (non-hydrogen) atoms. The predicted octanol–water partition coefficient (Wildman–Crippen LogP) is 3.93. The van der Waals surface area contributed by atoms with E-state index in [-0.39, 0.29) is 4.90 Å². The number of sulfonamides is 1. The van der Waals surface area contributed by atoms with E-state index in [1.165, 1.54) is 23.5 Å². The summed E-state index contributed by atoms with van der Waals surface area (Å²) in [7, 11) is -3.77. The van der Waals surface area contributed by atoms with Gasteiger partial charge in [0, 0.05) is 9.35 Å². The van der Waals surface area contributed by atoms with Crippen molar-refractivity contribution in [2.75, 3.05) is 4.72 Å². The van der Waals surface area contributed by atoms with Crippen molar-refractivity contribution < 1.29 is 13.2 Å². The average molecular weight is 443 g/mol. The van der Waals surface area contributed by atoms with E-state index in [9.17, 15) is 13.2 Å². The van der Waals surface area contributed by atoms with E-state index in [0.29, 0.717) is 16.5 Å². The third-order valence-corrected chi connectivity index (χ3v) is 7.74. The van der Waals surface area contributed by atoms with Gasteiger partial charge in [-0.15, -0.1) is 11.3 Å². The zero-order valence-electron chi connectivity index (χ0n) is 13.7. The van der Waals surface area contributed by atoms with Gasteiger partial charge in [0.1, 0.15) is 5.00 Å². The third-order valence-electron chi connectivity index (χ3n) is 4.54. The maximum atomic E-state index is 12.6. The Morgan fingerprint density at radius 2 is 2.04 bits per heavy atom. The monoisotopic (exact) mass is 442 g/mol. The van der Waals surface area contributed by atoms with E-state index in [4.69, 9.17) is 5.73 Å². The highest BCUT2D eigenvalue weighted by Crippen LogP contribution is 2.41. The molecule has 5 nitrogen and oxygen atoms in total. The molecule has 0 bridgehead atoms. The van der Waals surface area contributed by atoms with Crippen LogP contribution >= 0.6 is 27.3 Å². The maximum absolute atomic E-state index is 12.6. The van der Waals surface area contributed by atoms with Gasteiger partial charge in [-0.1, -0.05) is 29.3 Å². The van der Waals surface area contributed by atoms with Gasteiger partial charge in [-0.3, -0.25) is 9.52 Å². The van der Waals surface area contributed by atoms with Gasteiger partial charge in [-0.25, -0.2) is 8.42 Å². The molecular formula is C17H19BrN2O3S2. The number of thiophene rings is 1. The summed E-state index contributed by atoms with van der Waals surface area (Å²) in [5, 5.41) is 0.331. The van der Waals surface area contributed by atoms with Gasteiger partial charge in [-0.2, -0.15) is 0 Å². The van der Waals surface area contributed by atoms with Crippen LogP contribution in [0.4, 0.5) is 5.00 Å². The van der Waals surface area contributed by atoms with Gasteiger partial charge in [0.25, 0.3) is 15.9 Å². The van der Waals surface area contributed by atoms with Crippen LogP contribution < -0.4 is 10.5 Å². The molecule has 3 N–H and O–H groups in total. The topological polar surface area (TPSA) is 89.3 Å². The number of hydrogen-bond donors (Lipinski definition) is 2. The summed E-state index contributed by atoms with van der Waals surface area (Å²) in [5.74, 6) is -0.0104. The van der Waals surface area contributed by atoms with Crippen LogP contribution in [0.3, 0.4) is 0 Å². The predicted molar refractivity (Wildman–Crippen MR) is 104 cm³/mol. The molecule has 0 saturated heterocycles. The molecule has 1 aliphatic carbocycles. The summed E-state index contributed by atoms with van der Waals surface area (Å²) in [6.07, 6.45) is 3.71. The lowest BCUT2D eigenvalue weighted by molar-refractivity contribution is 0.100. The summed E-state index contributed by atoms with van der Waals surface area (Å²) in [6.45, 7) is 2.15. The largest absolute Gasteiger partial charge is 0.365 e. The molecule has 1 aromatic carbocycles. The molecule has 0 saturated carbocycles. The Balaban J connectivity index is 1.98. The van der Waals surface area contributed by atoms with Crippen molar-refractivity contribution >= 4 is 48.2 Å². The van der Waals surface area contributed by atoms with Crippen LogP contribution in [-0.4, -0.2) is 14.3 Å². The van der Waals surface area contributed by atoms with Crippen molar-refractivity contribution in [3.63, 3.8) is 0 Å². The number of halogens is 1. The van der Waals surface area contributed by atoms with Crippen molar-refractivity contribution in [1.82, 2.24) is 0 Å². The molecule has 3 rings (SSSR count). The van der Waals surface area contributed by atoms with E-state index >= 15 is 0 Å². The summed E-state index contributed by atoms with van der Waals surface area (Å²) in [5.41, 5.74) is 6.80. The average Bonchev–Trinajstić information content (AvgIpc) is 2.91. The van der Waals surface area contributed by atoms with Crippen molar-refractivity contribution in [3.05, 3.63) is 44.7 Å². The van der Waals surface area contributed by atoms with Gasteiger partial charge < -0.3 is 5.73 Å². The van der Waals surface area contributed by atoms with Crippen molar-refractivity contribution in [3.8, 4) is 0 Å². The fourth-order valence-electron chi connectivity index (χ4n) is 3.13. The number of nitrogens with two attached hydrogens (primary N) is 1. The molecule has 134 valence electrons. The smallest absolute Gasteiger partial charge is 0.262 e. The second-order valence-electron chi connectivity index (χ2n) is 6.15. The van der Waals surface area contributed by atoms with E-state index in [1.807, 2.05) is 0 Å². The maximum Gasteiger partial charge on any atom is 0.262 e. The molecule has 0 aliphatic heterocycles. The Morgan fingerprint density at radius 3 is 2.64 bits per heavy atom. The number of nitrogens with one attached hydrogen (secondary N) is 1. The Bertz CT molecular complexity index is 905. The van der Waals surface area contributed by atoms with Crippen molar-refractivity contribution in [2.45, 2.75) is 37.5 Å². The molecule has 1 atom stereocenters. The lowest BCUT2D eigenvalue weighted by atomic mass is 9.85. The SMILES string of the molecule is CC[C@@H]1CCc2c(sc(NS(=O)(=O)c3ccc(Br)cc3)c2C(N)=O)C1. The van der Waals surface area contributed by atoms with Crippen LogP contribution in [0.2, 0.25) is 0 Å². The fraction of sp³-hybridized carbons (Fsp3) is 0.353. The highest BCUT2D eigenvalue weighted by molar-refractivity contribution is 9.10. The third kappa shape index (κ3) is 3.75. The Kier molecular flexibility index (Phi) is 5.22. The second-order valence-corrected chi connectivity index (χ2v) is 9.85. The molecular weight excluding hydrogens is 424 g/mol. The highest BCUT2D eigenvalue weighted by Gasteiger charge is 2.29. The molecule has 1 aromatic heterocycles. The van der Waals surface area contributed by atoms with Gasteiger partial charge in [0.05, 0.1) is 10.5 Å². The summed E-state index contributed by atoms with van der Waals surface area (Å²) in [4.78, 5) is 13.2. The first-order valence-corrected chi connectivity index (χ1v) is 11.1. The summed E-state index contributed by atoms with van der Waals surface area (Å²) < 4.78 is 28.7. The number of carbonyl (C=O) groups excluding carboxylic acids is 1. The van der Waals surface area contributed by atoms with Gasteiger partial charge >= 0.3 is 0 Å². The number of primary amides is 1. The molecule has 0 unspecified atom stereocenters. The lowest BCUT2D eigenvalue weighted by Crippen LogP contribution is -2.20. The molecule has 8 heteroatoms. The minimum absolute atomic E-state index is 0.143. The molecule has 1 heterocycles. The van der Waals surface area contributed by atoms with E-state index < -0.39 is 15.9 Å². The van der Waals surface area contributed by atoms with Gasteiger partial charge in [-0.05, 0) is 55.0 Å². The molecule has 1 aliphatic rings. The zero-order chi connectivity index (χ0) is 18.2. The number of anilines is 1. The van der Waals surface area contributed by atoms with Gasteiger partial charge in [0.2, 0.25) is 0 Å². The van der Waals surface area contributed by atoms with Crippen LogP contribution in [0.5, 0.6) is 0 Å². The van der Waals surface area contributed by atoms with E-state index in [1.54, 1.807) is 12.1 Å². The van der Waals surface area contributed by atoms with Crippen molar-refractivity contribution in [1.29, 1.82) is 0 Å². The summed E-state index contributed by atoms with van der Waals surface area (Å²) in [6, 6.07) is 6.34. The molecule has 0 radical (unpaired) electrons. The number of rotatable bonds is 5. The first-order chi connectivity index (χ1) is 11.8. The Labute approximate surface area is 159 Å². The first kappa shape index (κ1) is 18.4. The standard InChI is InChI=1S/C17H19BrN2O3S2/c1-2-10-3-8-13-14(9-10)24-17(15(13)16(19)21)20-25(22,23)12-6-4-11(18)5-7-12/h4-7,10,20H,2-3,8-9H2,1H3,(H2,19,21)/t10-/m1/s1. The van der Waals surface area contributed by atoms with Crippen LogP contribution in [0.1, 0.15) is 40.6 Å². The normalized spacial score (nSPS) is 17.1. The van der Waals surface area contributed by atoms with Crippen molar-refractivity contribution in [2.24, 2.45) is 11.7 Å². The fourth-order valence-corrected chi connectivity index (χ4v) is 6.07. The number of fused-ring (bicyclic) bond motifs is 1. The van der Waals surface area contributed by atoms with Crippen LogP contribution in [0, 0.1) is 5.92 Å². The summed E-state index contributed by atoms with van der Waals surface area (Å²) >= 11 is 4.62. The zero-order valence-corrected chi connectivity index (χ0v) is 16.9. The number of amides is 1. The lowest BCUT2D eigenvalue weighted by Gasteiger charge is -2.20. The second kappa shape index (κ2) is 7.09. The van der Waals surface area contributed by atoms with Crippen LogP contribution in [0.15, 0.2) is 33.6 Å². The minimum atomic E-state index is -3.77. The first-order valence-electron chi connectivity index (χ1n) is 8.04.